The molecule has 1 rings (SSSR count). The molecule has 0 aromatic carbocycles. The van der Waals surface area contributed by atoms with Crippen LogP contribution in [0.5, 0.6) is 0 Å². The zero-order valence-electron chi connectivity index (χ0n) is 10.3. The van der Waals surface area contributed by atoms with E-state index in [1.165, 1.54) is 32.4 Å². The molecule has 0 aromatic heterocycles. The third-order valence-corrected chi connectivity index (χ3v) is 3.79. The fraction of sp³-hybridized carbons (Fsp3) is 1.00. The summed E-state index contributed by atoms with van der Waals surface area (Å²) in [5.41, 5.74) is 0.401. The molecule has 1 fully saturated rings. The summed E-state index contributed by atoms with van der Waals surface area (Å²) in [6.07, 6.45) is 4.01. The minimum absolute atomic E-state index is 0.401. The van der Waals surface area contributed by atoms with E-state index in [0.29, 0.717) is 5.54 Å². The molecule has 0 radical (unpaired) electrons. The van der Waals surface area contributed by atoms with Gasteiger partial charge in [-0.1, -0.05) is 13.3 Å². The predicted octanol–water partition coefficient (Wildman–Crippen LogP) is 2.11. The quantitative estimate of drug-likeness (QED) is 0.728. The highest BCUT2D eigenvalue weighted by Crippen LogP contribution is 2.33. The van der Waals surface area contributed by atoms with E-state index >= 15 is 0 Å². The maximum Gasteiger partial charge on any atom is 0.0193 e. The molecule has 0 aliphatic carbocycles. The molecule has 0 bridgehead atoms. The second-order valence-electron chi connectivity index (χ2n) is 5.04. The molecule has 1 saturated heterocycles. The summed E-state index contributed by atoms with van der Waals surface area (Å²) in [6, 6.07) is 0. The van der Waals surface area contributed by atoms with Gasteiger partial charge in [-0.2, -0.15) is 0 Å². The van der Waals surface area contributed by atoms with Gasteiger partial charge in [0.1, 0.15) is 0 Å². The van der Waals surface area contributed by atoms with E-state index in [1.807, 2.05) is 0 Å². The van der Waals surface area contributed by atoms with Crippen molar-refractivity contribution in [1.29, 1.82) is 0 Å². The van der Waals surface area contributed by atoms with Gasteiger partial charge in [-0.25, -0.2) is 0 Å². The zero-order valence-corrected chi connectivity index (χ0v) is 10.3. The number of nitrogens with zero attached hydrogens (tertiary/aromatic N) is 1. The maximum atomic E-state index is 3.32. The first-order valence-electron chi connectivity index (χ1n) is 6.02. The van der Waals surface area contributed by atoms with Crippen LogP contribution in [-0.4, -0.2) is 37.1 Å². The SMILES string of the molecule is CCCCN1CCC(CNC)C1(C)C. The van der Waals surface area contributed by atoms with Gasteiger partial charge in [0.2, 0.25) is 0 Å². The smallest absolute Gasteiger partial charge is 0.0193 e. The summed E-state index contributed by atoms with van der Waals surface area (Å²) in [4.78, 5) is 2.67. The lowest BCUT2D eigenvalue weighted by Crippen LogP contribution is -2.45. The van der Waals surface area contributed by atoms with Crippen molar-refractivity contribution in [3.63, 3.8) is 0 Å². The first kappa shape index (κ1) is 12.0. The van der Waals surface area contributed by atoms with Crippen molar-refractivity contribution in [3.05, 3.63) is 0 Å². The first-order valence-corrected chi connectivity index (χ1v) is 6.02. The van der Waals surface area contributed by atoms with Gasteiger partial charge in [-0.15, -0.1) is 0 Å². The molecule has 1 aliphatic rings. The standard InChI is InChI=1S/C12H26N2/c1-5-6-8-14-9-7-11(10-13-4)12(14,2)3/h11,13H,5-10H2,1-4H3. The van der Waals surface area contributed by atoms with Gasteiger partial charge in [-0.05, 0) is 59.3 Å². The van der Waals surface area contributed by atoms with E-state index in [-0.39, 0.29) is 0 Å². The van der Waals surface area contributed by atoms with Gasteiger partial charge >= 0.3 is 0 Å². The summed E-state index contributed by atoms with van der Waals surface area (Å²) in [5.74, 6) is 0.823. The van der Waals surface area contributed by atoms with E-state index in [4.69, 9.17) is 0 Å². The van der Waals surface area contributed by atoms with Crippen LogP contribution in [0, 0.1) is 5.92 Å². The Morgan fingerprint density at radius 1 is 1.43 bits per heavy atom. The Morgan fingerprint density at radius 3 is 2.71 bits per heavy atom. The lowest BCUT2D eigenvalue weighted by molar-refractivity contribution is 0.136. The Bertz CT molecular complexity index is 166. The Kier molecular flexibility index (Phi) is 4.39. The molecule has 0 aromatic rings. The van der Waals surface area contributed by atoms with E-state index in [9.17, 15) is 0 Å². The van der Waals surface area contributed by atoms with E-state index in [2.05, 4.69) is 38.0 Å². The average molecular weight is 198 g/mol. The first-order chi connectivity index (χ1) is 6.62. The van der Waals surface area contributed by atoms with Gasteiger partial charge in [-0.3, -0.25) is 4.90 Å². The summed E-state index contributed by atoms with van der Waals surface area (Å²) in [5, 5.41) is 3.32. The molecule has 1 aliphatic heterocycles. The summed E-state index contributed by atoms with van der Waals surface area (Å²) in [7, 11) is 2.06. The average Bonchev–Trinajstić information content (AvgIpc) is 2.41. The van der Waals surface area contributed by atoms with Gasteiger partial charge in [0.15, 0.2) is 0 Å². The van der Waals surface area contributed by atoms with Crippen molar-refractivity contribution < 1.29 is 0 Å². The van der Waals surface area contributed by atoms with Gasteiger partial charge in [0.25, 0.3) is 0 Å². The number of hydrogen-bond donors (Lipinski definition) is 1. The monoisotopic (exact) mass is 198 g/mol. The second-order valence-corrected chi connectivity index (χ2v) is 5.04. The Morgan fingerprint density at radius 2 is 2.14 bits per heavy atom. The number of rotatable bonds is 5. The van der Waals surface area contributed by atoms with Gasteiger partial charge < -0.3 is 5.32 Å². The molecular weight excluding hydrogens is 172 g/mol. The van der Waals surface area contributed by atoms with Gasteiger partial charge in [0, 0.05) is 5.54 Å². The number of unbranched alkanes of at least 4 members (excludes halogenated alkanes) is 1. The highest BCUT2D eigenvalue weighted by atomic mass is 15.2. The molecule has 0 spiro atoms. The zero-order chi connectivity index (χ0) is 10.6. The van der Waals surface area contributed by atoms with Crippen LogP contribution in [0.4, 0.5) is 0 Å². The lowest BCUT2D eigenvalue weighted by Gasteiger charge is -2.36. The van der Waals surface area contributed by atoms with Crippen molar-refractivity contribution in [2.45, 2.75) is 45.6 Å². The molecule has 1 N–H and O–H groups in total. The van der Waals surface area contributed by atoms with E-state index < -0.39 is 0 Å². The van der Waals surface area contributed by atoms with Crippen molar-refractivity contribution in [3.8, 4) is 0 Å². The largest absolute Gasteiger partial charge is 0.319 e. The molecule has 0 saturated carbocycles. The van der Waals surface area contributed by atoms with Crippen LogP contribution in [0.3, 0.4) is 0 Å². The molecule has 1 unspecified atom stereocenters. The Hall–Kier alpha value is -0.0800. The summed E-state index contributed by atoms with van der Waals surface area (Å²) >= 11 is 0. The van der Waals surface area contributed by atoms with Crippen LogP contribution in [-0.2, 0) is 0 Å². The second kappa shape index (κ2) is 5.13. The minimum atomic E-state index is 0.401. The molecule has 0 amide bonds. The highest BCUT2D eigenvalue weighted by molar-refractivity contribution is 4.95. The Labute approximate surface area is 89.1 Å². The third-order valence-electron chi connectivity index (χ3n) is 3.79. The third kappa shape index (κ3) is 2.48. The summed E-state index contributed by atoms with van der Waals surface area (Å²) in [6.45, 7) is 10.8. The number of hydrogen-bond acceptors (Lipinski definition) is 2. The Balaban J connectivity index is 2.47. The van der Waals surface area contributed by atoms with Crippen molar-refractivity contribution in [1.82, 2.24) is 10.2 Å². The number of likely N-dealkylation sites (tertiary alicyclic amines) is 1. The molecule has 2 heteroatoms. The van der Waals surface area contributed by atoms with Crippen LogP contribution in [0.15, 0.2) is 0 Å². The van der Waals surface area contributed by atoms with Crippen LogP contribution in [0.1, 0.15) is 40.0 Å². The molecular formula is C12H26N2. The molecule has 1 heterocycles. The molecule has 2 nitrogen and oxygen atoms in total. The minimum Gasteiger partial charge on any atom is -0.319 e. The topological polar surface area (TPSA) is 15.3 Å². The van der Waals surface area contributed by atoms with Crippen LogP contribution in [0.25, 0.3) is 0 Å². The molecule has 84 valence electrons. The van der Waals surface area contributed by atoms with Crippen molar-refractivity contribution in [2.75, 3.05) is 26.7 Å². The predicted molar refractivity (Wildman–Crippen MR) is 62.6 cm³/mol. The highest BCUT2D eigenvalue weighted by Gasteiger charge is 2.39. The lowest BCUT2D eigenvalue weighted by atomic mass is 9.88. The van der Waals surface area contributed by atoms with Crippen molar-refractivity contribution in [2.24, 2.45) is 5.92 Å². The van der Waals surface area contributed by atoms with Gasteiger partial charge in [0.05, 0.1) is 0 Å². The van der Waals surface area contributed by atoms with Crippen LogP contribution < -0.4 is 5.32 Å². The maximum absolute atomic E-state index is 3.32. The fourth-order valence-corrected chi connectivity index (χ4v) is 2.56. The molecule has 14 heavy (non-hydrogen) atoms. The summed E-state index contributed by atoms with van der Waals surface area (Å²) < 4.78 is 0. The van der Waals surface area contributed by atoms with Crippen LogP contribution in [0.2, 0.25) is 0 Å². The molecule has 1 atom stereocenters. The normalized spacial score (nSPS) is 27.0. The van der Waals surface area contributed by atoms with Crippen LogP contribution >= 0.6 is 0 Å². The van der Waals surface area contributed by atoms with E-state index in [1.54, 1.807) is 0 Å². The van der Waals surface area contributed by atoms with E-state index in [0.717, 1.165) is 12.5 Å². The fourth-order valence-electron chi connectivity index (χ4n) is 2.56. The number of nitrogens with one attached hydrogen (secondary N) is 1. The van der Waals surface area contributed by atoms with Crippen molar-refractivity contribution >= 4 is 0 Å².